The van der Waals surface area contributed by atoms with Gasteiger partial charge in [-0.2, -0.15) is 0 Å². The van der Waals surface area contributed by atoms with Gasteiger partial charge in [0.25, 0.3) is 0 Å². The second-order valence-corrected chi connectivity index (χ2v) is 8.30. The summed E-state index contributed by atoms with van der Waals surface area (Å²) in [4.78, 5) is 33.8. The van der Waals surface area contributed by atoms with Crippen LogP contribution >= 0.6 is 0 Å². The van der Waals surface area contributed by atoms with E-state index in [0.717, 1.165) is 27.9 Å². The van der Waals surface area contributed by atoms with E-state index in [0.29, 0.717) is 32.6 Å². The van der Waals surface area contributed by atoms with Crippen molar-refractivity contribution in [3.63, 3.8) is 0 Å². The summed E-state index contributed by atoms with van der Waals surface area (Å²) < 4.78 is 2.10. The van der Waals surface area contributed by atoms with Crippen LogP contribution < -0.4 is 0 Å². The van der Waals surface area contributed by atoms with Gasteiger partial charge in [-0.3, -0.25) is 14.6 Å². The van der Waals surface area contributed by atoms with Crippen LogP contribution in [0.3, 0.4) is 0 Å². The first-order valence-electron chi connectivity index (χ1n) is 11.3. The van der Waals surface area contributed by atoms with Crippen molar-refractivity contribution in [2.75, 3.05) is 26.2 Å². The molecule has 6 nitrogen and oxygen atoms in total. The van der Waals surface area contributed by atoms with Crippen LogP contribution in [0, 0.1) is 0 Å². The molecule has 1 aliphatic heterocycles. The Morgan fingerprint density at radius 3 is 2.15 bits per heavy atom. The first-order valence-corrected chi connectivity index (χ1v) is 11.3. The lowest BCUT2D eigenvalue weighted by Gasteiger charge is -2.35. The standard InChI is InChI=1S/C27H26N4O2/c32-26(19-23-11-6-7-13-28-23)29-14-16-30(17-15-29)27(33)20-31-24-12-5-4-10-22(24)18-25(31)21-8-2-1-3-9-21/h1-13,18H,14-17,19-20H2. The number of amides is 2. The molecule has 5 rings (SSSR count). The molecule has 0 bridgehead atoms. The number of nitrogens with zero attached hydrogens (tertiary/aromatic N) is 4. The fraction of sp³-hybridized carbons (Fsp3) is 0.222. The quantitative estimate of drug-likeness (QED) is 0.478. The van der Waals surface area contributed by atoms with E-state index in [-0.39, 0.29) is 18.4 Å². The molecule has 33 heavy (non-hydrogen) atoms. The van der Waals surface area contributed by atoms with Gasteiger partial charge in [0.05, 0.1) is 6.42 Å². The monoisotopic (exact) mass is 438 g/mol. The molecule has 2 aromatic heterocycles. The number of fused-ring (bicyclic) bond motifs is 1. The molecule has 6 heteroatoms. The number of para-hydroxylation sites is 1. The lowest BCUT2D eigenvalue weighted by atomic mass is 10.1. The summed E-state index contributed by atoms with van der Waals surface area (Å²) in [6.07, 6.45) is 2.00. The van der Waals surface area contributed by atoms with Gasteiger partial charge in [0.2, 0.25) is 11.8 Å². The molecule has 0 unspecified atom stereocenters. The SMILES string of the molecule is O=C(Cc1ccccn1)N1CCN(C(=O)Cn2c(-c3ccccc3)cc3ccccc32)CC1. The van der Waals surface area contributed by atoms with E-state index in [1.807, 2.05) is 58.3 Å². The summed E-state index contributed by atoms with van der Waals surface area (Å²) in [5.41, 5.74) is 3.95. The molecule has 0 spiro atoms. The summed E-state index contributed by atoms with van der Waals surface area (Å²) in [6, 6.07) is 26.1. The number of benzene rings is 2. The van der Waals surface area contributed by atoms with Gasteiger partial charge in [0.15, 0.2) is 0 Å². The Labute approximate surface area is 193 Å². The molecule has 4 aromatic rings. The maximum absolute atomic E-state index is 13.3. The predicted octanol–water partition coefficient (Wildman–Crippen LogP) is 3.62. The highest BCUT2D eigenvalue weighted by Crippen LogP contribution is 2.28. The minimum absolute atomic E-state index is 0.0589. The second kappa shape index (κ2) is 9.28. The fourth-order valence-corrected chi connectivity index (χ4v) is 4.44. The predicted molar refractivity (Wildman–Crippen MR) is 128 cm³/mol. The van der Waals surface area contributed by atoms with E-state index in [4.69, 9.17) is 0 Å². The summed E-state index contributed by atoms with van der Waals surface area (Å²) >= 11 is 0. The topological polar surface area (TPSA) is 58.4 Å². The van der Waals surface area contributed by atoms with Crippen molar-refractivity contribution in [3.05, 3.63) is 90.8 Å². The van der Waals surface area contributed by atoms with Crippen molar-refractivity contribution in [2.45, 2.75) is 13.0 Å². The van der Waals surface area contributed by atoms with E-state index in [1.54, 1.807) is 6.20 Å². The van der Waals surface area contributed by atoms with E-state index in [1.165, 1.54) is 0 Å². The maximum atomic E-state index is 13.3. The van der Waals surface area contributed by atoms with E-state index in [9.17, 15) is 9.59 Å². The van der Waals surface area contributed by atoms with Crippen molar-refractivity contribution < 1.29 is 9.59 Å². The van der Waals surface area contributed by atoms with Gasteiger partial charge in [-0.15, -0.1) is 0 Å². The van der Waals surface area contributed by atoms with Gasteiger partial charge in [0.1, 0.15) is 6.54 Å². The van der Waals surface area contributed by atoms with Gasteiger partial charge in [0, 0.05) is 54.7 Å². The van der Waals surface area contributed by atoms with Crippen LogP contribution in [-0.4, -0.2) is 57.3 Å². The van der Waals surface area contributed by atoms with Crippen molar-refractivity contribution in [1.29, 1.82) is 0 Å². The summed E-state index contributed by atoms with van der Waals surface area (Å²) in [7, 11) is 0. The first kappa shape index (κ1) is 20.9. The van der Waals surface area contributed by atoms with Crippen molar-refractivity contribution in [1.82, 2.24) is 19.4 Å². The van der Waals surface area contributed by atoms with E-state index >= 15 is 0 Å². The molecule has 0 saturated carbocycles. The largest absolute Gasteiger partial charge is 0.339 e. The van der Waals surface area contributed by atoms with Gasteiger partial charge in [-0.05, 0) is 29.8 Å². The zero-order valence-electron chi connectivity index (χ0n) is 18.4. The molecule has 0 N–H and O–H groups in total. The maximum Gasteiger partial charge on any atom is 0.242 e. The van der Waals surface area contributed by atoms with Crippen LogP contribution in [0.2, 0.25) is 0 Å². The molecule has 0 atom stereocenters. The number of aromatic nitrogens is 2. The smallest absolute Gasteiger partial charge is 0.242 e. The Morgan fingerprint density at radius 1 is 0.758 bits per heavy atom. The first-order chi connectivity index (χ1) is 16.2. The Balaban J connectivity index is 1.28. The van der Waals surface area contributed by atoms with Crippen LogP contribution in [-0.2, 0) is 22.6 Å². The average molecular weight is 439 g/mol. The van der Waals surface area contributed by atoms with Crippen LogP contribution in [0.4, 0.5) is 0 Å². The number of carbonyl (C=O) groups is 2. The van der Waals surface area contributed by atoms with E-state index < -0.39 is 0 Å². The molecule has 2 amide bonds. The highest BCUT2D eigenvalue weighted by Gasteiger charge is 2.25. The summed E-state index contributed by atoms with van der Waals surface area (Å²) in [5, 5.41) is 1.12. The molecule has 0 radical (unpaired) electrons. The lowest BCUT2D eigenvalue weighted by Crippen LogP contribution is -2.51. The molecular weight excluding hydrogens is 412 g/mol. The third-order valence-corrected chi connectivity index (χ3v) is 6.22. The fourth-order valence-electron chi connectivity index (χ4n) is 4.44. The normalized spacial score (nSPS) is 13.9. The highest BCUT2D eigenvalue weighted by molar-refractivity contribution is 5.89. The molecular formula is C27H26N4O2. The highest BCUT2D eigenvalue weighted by atomic mass is 16.2. The molecule has 1 saturated heterocycles. The number of hydrogen-bond donors (Lipinski definition) is 0. The summed E-state index contributed by atoms with van der Waals surface area (Å²) in [6.45, 7) is 2.48. The molecule has 2 aromatic carbocycles. The van der Waals surface area contributed by atoms with Crippen LogP contribution in [0.1, 0.15) is 5.69 Å². The Hall–Kier alpha value is -3.93. The van der Waals surface area contributed by atoms with Crippen molar-refractivity contribution in [3.8, 4) is 11.3 Å². The molecule has 0 aliphatic carbocycles. The minimum Gasteiger partial charge on any atom is -0.339 e. The number of pyridine rings is 1. The van der Waals surface area contributed by atoms with Gasteiger partial charge >= 0.3 is 0 Å². The molecule has 166 valence electrons. The van der Waals surface area contributed by atoms with Gasteiger partial charge in [-0.25, -0.2) is 0 Å². The average Bonchev–Trinajstić information content (AvgIpc) is 3.23. The lowest BCUT2D eigenvalue weighted by molar-refractivity contribution is -0.139. The van der Waals surface area contributed by atoms with E-state index in [2.05, 4.69) is 39.9 Å². The molecule has 3 heterocycles. The zero-order valence-corrected chi connectivity index (χ0v) is 18.4. The summed E-state index contributed by atoms with van der Waals surface area (Å²) in [5.74, 6) is 0.133. The number of piperazine rings is 1. The van der Waals surface area contributed by atoms with Crippen LogP contribution in [0.25, 0.3) is 22.2 Å². The van der Waals surface area contributed by atoms with Gasteiger partial charge in [-0.1, -0.05) is 54.6 Å². The Kier molecular flexibility index (Phi) is 5.89. The zero-order chi connectivity index (χ0) is 22.6. The third kappa shape index (κ3) is 4.51. The Bertz CT molecular complexity index is 1260. The number of rotatable bonds is 5. The third-order valence-electron chi connectivity index (χ3n) is 6.22. The van der Waals surface area contributed by atoms with Crippen LogP contribution in [0.5, 0.6) is 0 Å². The number of hydrogen-bond acceptors (Lipinski definition) is 3. The van der Waals surface area contributed by atoms with Crippen LogP contribution in [0.15, 0.2) is 85.1 Å². The number of carbonyl (C=O) groups excluding carboxylic acids is 2. The van der Waals surface area contributed by atoms with Crippen molar-refractivity contribution >= 4 is 22.7 Å². The Morgan fingerprint density at radius 2 is 1.42 bits per heavy atom. The minimum atomic E-state index is 0.0589. The van der Waals surface area contributed by atoms with Gasteiger partial charge < -0.3 is 14.4 Å². The van der Waals surface area contributed by atoms with Crippen molar-refractivity contribution in [2.24, 2.45) is 0 Å². The second-order valence-electron chi connectivity index (χ2n) is 8.30. The molecule has 1 fully saturated rings. The molecule has 1 aliphatic rings.